The third kappa shape index (κ3) is 1.57. The predicted octanol–water partition coefficient (Wildman–Crippen LogP) is 3.40. The largest absolute Gasteiger partial charge is 0.257 e. The van der Waals surface area contributed by atoms with Gasteiger partial charge in [-0.25, -0.2) is 0 Å². The summed E-state index contributed by atoms with van der Waals surface area (Å²) in [6.07, 6.45) is 11.8. The van der Waals surface area contributed by atoms with E-state index in [1.165, 1.54) is 62.8 Å². The monoisotopic (exact) mass is 215 g/mol. The van der Waals surface area contributed by atoms with E-state index >= 15 is 0 Å². The summed E-state index contributed by atoms with van der Waals surface area (Å²) in [4.78, 5) is 4.95. The van der Waals surface area contributed by atoms with E-state index < -0.39 is 0 Å². The minimum absolute atomic E-state index is 1.12. The molecule has 1 aromatic heterocycles. The minimum Gasteiger partial charge on any atom is -0.257 e. The Bertz CT molecular complexity index is 384. The summed E-state index contributed by atoms with van der Waals surface area (Å²) >= 11 is 0. The number of rotatable bonds is 1. The van der Waals surface area contributed by atoms with Crippen molar-refractivity contribution in [2.75, 3.05) is 0 Å². The van der Waals surface area contributed by atoms with Crippen LogP contribution in [0.3, 0.4) is 0 Å². The summed E-state index contributed by atoms with van der Waals surface area (Å²) in [5.74, 6) is 0. The number of hydrogen-bond donors (Lipinski definition) is 0. The third-order valence-corrected chi connectivity index (χ3v) is 4.22. The van der Waals surface area contributed by atoms with E-state index in [-0.39, 0.29) is 0 Å². The molecule has 2 aliphatic rings. The molecule has 0 radical (unpaired) electrons. The zero-order chi connectivity index (χ0) is 11.0. The molecule has 0 amide bonds. The first-order chi connectivity index (χ1) is 7.90. The molecule has 16 heavy (non-hydrogen) atoms. The maximum absolute atomic E-state index is 4.95. The first-order valence-electron chi connectivity index (χ1n) is 6.92. The number of aromatic nitrogens is 1. The van der Waals surface area contributed by atoms with Gasteiger partial charge in [-0.3, -0.25) is 4.98 Å². The summed E-state index contributed by atoms with van der Waals surface area (Å²) in [5, 5.41) is 0. The lowest BCUT2D eigenvalue weighted by Crippen LogP contribution is -2.17. The van der Waals surface area contributed by atoms with Crippen LogP contribution in [-0.2, 0) is 32.1 Å². The Morgan fingerprint density at radius 3 is 2.19 bits per heavy atom. The second-order valence-corrected chi connectivity index (χ2v) is 5.21. The molecule has 0 aromatic carbocycles. The maximum atomic E-state index is 4.95. The molecule has 0 N–H and O–H groups in total. The van der Waals surface area contributed by atoms with Crippen molar-refractivity contribution in [1.82, 2.24) is 4.98 Å². The molecule has 0 atom stereocenters. The van der Waals surface area contributed by atoms with Crippen LogP contribution in [0, 0.1) is 0 Å². The Labute approximate surface area is 98.3 Å². The van der Waals surface area contributed by atoms with Gasteiger partial charge >= 0.3 is 0 Å². The van der Waals surface area contributed by atoms with Gasteiger partial charge < -0.3 is 0 Å². The molecule has 0 saturated heterocycles. The fraction of sp³-hybridized carbons (Fsp3) is 0.667. The van der Waals surface area contributed by atoms with Crippen LogP contribution < -0.4 is 0 Å². The number of pyridine rings is 1. The predicted molar refractivity (Wildman–Crippen MR) is 66.9 cm³/mol. The third-order valence-electron chi connectivity index (χ3n) is 4.22. The Hall–Kier alpha value is -0.850. The molecule has 2 aliphatic carbocycles. The van der Waals surface area contributed by atoms with Crippen LogP contribution in [0.15, 0.2) is 0 Å². The quantitative estimate of drug-likeness (QED) is 0.699. The average Bonchev–Trinajstić information content (AvgIpc) is 2.38. The van der Waals surface area contributed by atoms with Crippen LogP contribution in [0.2, 0.25) is 0 Å². The molecule has 0 unspecified atom stereocenters. The highest BCUT2D eigenvalue weighted by atomic mass is 14.7. The van der Waals surface area contributed by atoms with Crippen molar-refractivity contribution in [3.63, 3.8) is 0 Å². The molecular formula is C15H21N. The zero-order valence-corrected chi connectivity index (χ0v) is 10.3. The van der Waals surface area contributed by atoms with Gasteiger partial charge in [-0.05, 0) is 74.5 Å². The van der Waals surface area contributed by atoms with Crippen LogP contribution in [0.1, 0.15) is 60.7 Å². The first-order valence-corrected chi connectivity index (χ1v) is 6.92. The lowest BCUT2D eigenvalue weighted by molar-refractivity contribution is 0.616. The lowest BCUT2D eigenvalue weighted by Gasteiger charge is -2.26. The van der Waals surface area contributed by atoms with E-state index in [2.05, 4.69) is 6.92 Å². The smallest absolute Gasteiger partial charge is 0.0441 e. The molecule has 0 aliphatic heterocycles. The highest BCUT2D eigenvalue weighted by Crippen LogP contribution is 2.32. The molecule has 0 spiro atoms. The van der Waals surface area contributed by atoms with Gasteiger partial charge in [0, 0.05) is 11.4 Å². The van der Waals surface area contributed by atoms with Crippen LogP contribution in [0.4, 0.5) is 0 Å². The van der Waals surface area contributed by atoms with Crippen molar-refractivity contribution in [3.8, 4) is 0 Å². The second kappa shape index (κ2) is 4.20. The van der Waals surface area contributed by atoms with Crippen molar-refractivity contribution in [2.24, 2.45) is 0 Å². The molecule has 1 heterocycles. The van der Waals surface area contributed by atoms with E-state index in [0.717, 1.165) is 6.42 Å². The average molecular weight is 215 g/mol. The summed E-state index contributed by atoms with van der Waals surface area (Å²) in [6, 6.07) is 0. The number of fused-ring (bicyclic) bond motifs is 3. The van der Waals surface area contributed by atoms with Crippen LogP contribution in [-0.4, -0.2) is 4.98 Å². The minimum atomic E-state index is 1.12. The SMILES string of the molecule is CCc1nc2c(c3c1CCCC3)CCCC2. The first kappa shape index (κ1) is 10.3. The fourth-order valence-corrected chi connectivity index (χ4v) is 3.42. The number of nitrogens with zero attached hydrogens (tertiary/aromatic N) is 1. The Balaban J connectivity index is 2.17. The van der Waals surface area contributed by atoms with Crippen molar-refractivity contribution < 1.29 is 0 Å². The number of aryl methyl sites for hydroxylation is 2. The Morgan fingerprint density at radius 2 is 1.44 bits per heavy atom. The van der Waals surface area contributed by atoms with Crippen molar-refractivity contribution in [2.45, 2.75) is 64.7 Å². The Morgan fingerprint density at radius 1 is 0.812 bits per heavy atom. The van der Waals surface area contributed by atoms with Crippen molar-refractivity contribution in [3.05, 3.63) is 28.1 Å². The van der Waals surface area contributed by atoms with Gasteiger partial charge in [0.05, 0.1) is 0 Å². The maximum Gasteiger partial charge on any atom is 0.0441 e. The van der Waals surface area contributed by atoms with E-state index in [0.29, 0.717) is 0 Å². The van der Waals surface area contributed by atoms with Gasteiger partial charge in [0.1, 0.15) is 0 Å². The van der Waals surface area contributed by atoms with E-state index in [1.807, 2.05) is 0 Å². The van der Waals surface area contributed by atoms with Gasteiger partial charge in [-0.1, -0.05) is 6.92 Å². The zero-order valence-electron chi connectivity index (χ0n) is 10.3. The molecule has 1 nitrogen and oxygen atoms in total. The Kier molecular flexibility index (Phi) is 2.70. The second-order valence-electron chi connectivity index (χ2n) is 5.21. The molecule has 1 aromatic rings. The summed E-state index contributed by atoms with van der Waals surface area (Å²) in [6.45, 7) is 2.26. The van der Waals surface area contributed by atoms with E-state index in [4.69, 9.17) is 4.98 Å². The van der Waals surface area contributed by atoms with Gasteiger partial charge in [0.2, 0.25) is 0 Å². The van der Waals surface area contributed by atoms with Gasteiger partial charge in [-0.15, -0.1) is 0 Å². The molecule has 1 heteroatoms. The van der Waals surface area contributed by atoms with Gasteiger partial charge in [-0.2, -0.15) is 0 Å². The molecule has 0 bridgehead atoms. The lowest BCUT2D eigenvalue weighted by atomic mass is 9.82. The highest BCUT2D eigenvalue weighted by molar-refractivity contribution is 5.43. The van der Waals surface area contributed by atoms with Crippen LogP contribution in [0.5, 0.6) is 0 Å². The van der Waals surface area contributed by atoms with Gasteiger partial charge in [0.15, 0.2) is 0 Å². The number of hydrogen-bond acceptors (Lipinski definition) is 1. The summed E-state index contributed by atoms with van der Waals surface area (Å²) in [7, 11) is 0. The molecule has 86 valence electrons. The molecular weight excluding hydrogens is 194 g/mol. The fourth-order valence-electron chi connectivity index (χ4n) is 3.42. The van der Waals surface area contributed by atoms with Crippen molar-refractivity contribution >= 4 is 0 Å². The van der Waals surface area contributed by atoms with Gasteiger partial charge in [0.25, 0.3) is 0 Å². The normalized spacial score (nSPS) is 19.1. The molecule has 0 saturated carbocycles. The topological polar surface area (TPSA) is 12.9 Å². The van der Waals surface area contributed by atoms with Crippen molar-refractivity contribution in [1.29, 1.82) is 0 Å². The van der Waals surface area contributed by atoms with Crippen LogP contribution in [0.25, 0.3) is 0 Å². The molecule has 0 fully saturated rings. The summed E-state index contributed by atoms with van der Waals surface area (Å²) in [5.41, 5.74) is 7.86. The highest BCUT2D eigenvalue weighted by Gasteiger charge is 2.22. The molecule has 3 rings (SSSR count). The standard InChI is InChI=1S/C15H21N/c1-2-14-12-8-4-3-7-11(12)13-9-5-6-10-15(13)16-14/h2-10H2,1H3. The van der Waals surface area contributed by atoms with Crippen LogP contribution >= 0.6 is 0 Å². The van der Waals surface area contributed by atoms with E-state index in [9.17, 15) is 0 Å². The summed E-state index contributed by atoms with van der Waals surface area (Å²) < 4.78 is 0. The van der Waals surface area contributed by atoms with E-state index in [1.54, 1.807) is 16.7 Å².